The van der Waals surface area contributed by atoms with Crippen molar-refractivity contribution in [3.8, 4) is 11.5 Å². The minimum absolute atomic E-state index is 0.132. The van der Waals surface area contributed by atoms with Crippen molar-refractivity contribution in [3.05, 3.63) is 59.4 Å². The number of halogens is 1. The van der Waals surface area contributed by atoms with E-state index in [0.717, 1.165) is 42.7 Å². The van der Waals surface area contributed by atoms with Gasteiger partial charge in [-0.05, 0) is 104 Å². The Morgan fingerprint density at radius 1 is 1.00 bits per heavy atom. The van der Waals surface area contributed by atoms with Crippen LogP contribution < -0.4 is 9.47 Å². The second-order valence-electron chi connectivity index (χ2n) is 9.15. The van der Waals surface area contributed by atoms with Crippen LogP contribution in [-0.4, -0.2) is 31.9 Å². The third-order valence-corrected chi connectivity index (χ3v) is 8.14. The van der Waals surface area contributed by atoms with E-state index in [0.29, 0.717) is 30.5 Å². The van der Waals surface area contributed by atoms with Gasteiger partial charge < -0.3 is 18.9 Å². The lowest BCUT2D eigenvalue weighted by atomic mass is 9.79. The molecule has 0 heterocycles. The second kappa shape index (κ2) is 11.0. The van der Waals surface area contributed by atoms with Crippen molar-refractivity contribution in [2.45, 2.75) is 50.4 Å². The smallest absolute Gasteiger partial charge is 0.168 e. The second-order valence-corrected chi connectivity index (χ2v) is 10.6. The maximum Gasteiger partial charge on any atom is 0.168 e. The molecule has 2 saturated carbocycles. The SMILES string of the molecule is COc1ccc(F)c(C2CCC(COc3cccc(C(CP(O)OC)C4CC4)c3)CC2)c1. The molecule has 0 aliphatic heterocycles. The lowest BCUT2D eigenvalue weighted by Crippen LogP contribution is -2.20. The van der Waals surface area contributed by atoms with Crippen LogP contribution in [0.25, 0.3) is 0 Å². The van der Waals surface area contributed by atoms with Crippen LogP contribution in [0.2, 0.25) is 0 Å². The van der Waals surface area contributed by atoms with Crippen LogP contribution in [0.3, 0.4) is 0 Å². The average molecular weight is 461 g/mol. The Kier molecular flexibility index (Phi) is 8.04. The van der Waals surface area contributed by atoms with Crippen LogP contribution in [0.4, 0.5) is 4.39 Å². The molecule has 1 N–H and O–H groups in total. The van der Waals surface area contributed by atoms with Gasteiger partial charge in [0.2, 0.25) is 0 Å². The Morgan fingerprint density at radius 3 is 2.47 bits per heavy atom. The van der Waals surface area contributed by atoms with Gasteiger partial charge >= 0.3 is 0 Å². The fourth-order valence-electron chi connectivity index (χ4n) is 4.92. The fourth-order valence-corrected chi connectivity index (χ4v) is 5.91. The first-order valence-electron chi connectivity index (χ1n) is 11.6. The number of rotatable bonds is 10. The van der Waals surface area contributed by atoms with E-state index in [2.05, 4.69) is 18.2 Å². The van der Waals surface area contributed by atoms with E-state index >= 15 is 0 Å². The molecule has 2 atom stereocenters. The molecule has 0 bridgehead atoms. The van der Waals surface area contributed by atoms with Gasteiger partial charge in [0.25, 0.3) is 0 Å². The fraction of sp³-hybridized carbons (Fsp3) is 0.538. The summed E-state index contributed by atoms with van der Waals surface area (Å²) in [5.74, 6) is 3.20. The first-order chi connectivity index (χ1) is 15.6. The van der Waals surface area contributed by atoms with Crippen LogP contribution >= 0.6 is 8.38 Å². The molecule has 2 aromatic rings. The van der Waals surface area contributed by atoms with Crippen molar-refractivity contribution >= 4 is 8.38 Å². The molecule has 2 aliphatic rings. The molecule has 4 nitrogen and oxygen atoms in total. The maximum absolute atomic E-state index is 14.3. The lowest BCUT2D eigenvalue weighted by Gasteiger charge is -2.29. The standard InChI is InChI=1S/C26H34FO4P/c1-29-22-12-13-26(27)24(15-22)19-8-6-18(7-9-19)16-31-23-5-3-4-21(14-23)25(20-10-11-20)17-32(28)30-2/h3-5,12-15,18-20,25,28H,6-11,16-17H2,1-2H3. The van der Waals surface area contributed by atoms with Crippen LogP contribution in [-0.2, 0) is 4.52 Å². The zero-order valence-electron chi connectivity index (χ0n) is 19.0. The molecule has 0 saturated heterocycles. The quantitative estimate of drug-likeness (QED) is 0.404. The molecule has 0 radical (unpaired) electrons. The number of benzene rings is 2. The van der Waals surface area contributed by atoms with Crippen molar-refractivity contribution < 1.29 is 23.3 Å². The number of methoxy groups -OCH3 is 1. The molecular formula is C26H34FO4P. The monoisotopic (exact) mass is 460 g/mol. The van der Waals surface area contributed by atoms with Gasteiger partial charge in [-0.25, -0.2) is 4.39 Å². The molecule has 2 aromatic carbocycles. The molecule has 6 heteroatoms. The Bertz CT molecular complexity index is 880. The van der Waals surface area contributed by atoms with Crippen molar-refractivity contribution in [2.24, 2.45) is 11.8 Å². The summed E-state index contributed by atoms with van der Waals surface area (Å²) in [6.07, 6.45) is 7.14. The predicted molar refractivity (Wildman–Crippen MR) is 126 cm³/mol. The Morgan fingerprint density at radius 2 is 1.78 bits per heavy atom. The van der Waals surface area contributed by atoms with E-state index in [9.17, 15) is 9.28 Å². The summed E-state index contributed by atoms with van der Waals surface area (Å²) >= 11 is 0. The molecule has 32 heavy (non-hydrogen) atoms. The van der Waals surface area contributed by atoms with E-state index in [4.69, 9.17) is 14.0 Å². The molecule has 2 unspecified atom stereocenters. The van der Waals surface area contributed by atoms with E-state index in [1.807, 2.05) is 12.1 Å². The van der Waals surface area contributed by atoms with Crippen LogP contribution in [0, 0.1) is 17.7 Å². The van der Waals surface area contributed by atoms with E-state index in [1.54, 1.807) is 20.3 Å². The minimum atomic E-state index is -1.37. The average Bonchev–Trinajstić information content (AvgIpc) is 3.67. The zero-order chi connectivity index (χ0) is 22.5. The first-order valence-corrected chi connectivity index (χ1v) is 13.0. The normalized spacial score (nSPS) is 22.9. The summed E-state index contributed by atoms with van der Waals surface area (Å²) in [5, 5.41) is 0. The third kappa shape index (κ3) is 6.01. The summed E-state index contributed by atoms with van der Waals surface area (Å²) in [6, 6.07) is 13.4. The van der Waals surface area contributed by atoms with E-state index < -0.39 is 8.38 Å². The topological polar surface area (TPSA) is 47.9 Å². The van der Waals surface area contributed by atoms with Crippen molar-refractivity contribution in [1.82, 2.24) is 0 Å². The molecule has 174 valence electrons. The van der Waals surface area contributed by atoms with Gasteiger partial charge in [0, 0.05) is 13.3 Å². The first kappa shape index (κ1) is 23.5. The molecule has 0 aromatic heterocycles. The van der Waals surface area contributed by atoms with Gasteiger partial charge in [0.15, 0.2) is 8.38 Å². The summed E-state index contributed by atoms with van der Waals surface area (Å²) in [5.41, 5.74) is 2.02. The summed E-state index contributed by atoms with van der Waals surface area (Å²) < 4.78 is 30.9. The zero-order valence-corrected chi connectivity index (χ0v) is 19.9. The molecule has 0 spiro atoms. The molecule has 2 aliphatic carbocycles. The third-order valence-electron chi connectivity index (χ3n) is 7.02. The highest BCUT2D eigenvalue weighted by Crippen LogP contribution is 2.49. The van der Waals surface area contributed by atoms with Gasteiger partial charge in [-0.15, -0.1) is 0 Å². The van der Waals surface area contributed by atoms with Gasteiger partial charge in [0.05, 0.1) is 13.7 Å². The van der Waals surface area contributed by atoms with Crippen LogP contribution in [0.1, 0.15) is 61.5 Å². The largest absolute Gasteiger partial charge is 0.497 e. The summed E-state index contributed by atoms with van der Waals surface area (Å²) in [4.78, 5) is 10.0. The highest BCUT2D eigenvalue weighted by atomic mass is 31.2. The summed E-state index contributed by atoms with van der Waals surface area (Å²) in [7, 11) is 1.83. The highest BCUT2D eigenvalue weighted by Gasteiger charge is 2.34. The van der Waals surface area contributed by atoms with E-state index in [1.165, 1.54) is 24.5 Å². The number of ether oxygens (including phenoxy) is 2. The van der Waals surface area contributed by atoms with Crippen molar-refractivity contribution in [1.29, 1.82) is 0 Å². The molecular weight excluding hydrogens is 426 g/mol. The predicted octanol–water partition coefficient (Wildman–Crippen LogP) is 6.63. The van der Waals surface area contributed by atoms with Crippen molar-refractivity contribution in [3.63, 3.8) is 0 Å². The van der Waals surface area contributed by atoms with E-state index in [-0.39, 0.29) is 11.7 Å². The minimum Gasteiger partial charge on any atom is -0.497 e. The van der Waals surface area contributed by atoms with Crippen molar-refractivity contribution in [2.75, 3.05) is 27.0 Å². The Balaban J connectivity index is 1.31. The van der Waals surface area contributed by atoms with Gasteiger partial charge in [0.1, 0.15) is 17.3 Å². The van der Waals surface area contributed by atoms with Crippen LogP contribution in [0.5, 0.6) is 11.5 Å². The Hall–Kier alpha value is -1.68. The lowest BCUT2D eigenvalue weighted by molar-refractivity contribution is 0.199. The summed E-state index contributed by atoms with van der Waals surface area (Å²) in [6.45, 7) is 0.690. The molecule has 0 amide bonds. The van der Waals surface area contributed by atoms with Gasteiger partial charge in [-0.3, -0.25) is 0 Å². The van der Waals surface area contributed by atoms with Gasteiger partial charge in [-0.2, -0.15) is 0 Å². The number of hydrogen-bond acceptors (Lipinski definition) is 4. The number of hydrogen-bond donors (Lipinski definition) is 1. The highest BCUT2D eigenvalue weighted by molar-refractivity contribution is 7.46. The van der Waals surface area contributed by atoms with Crippen LogP contribution in [0.15, 0.2) is 42.5 Å². The molecule has 4 rings (SSSR count). The Labute approximate surface area is 192 Å². The maximum atomic E-state index is 14.3. The van der Waals surface area contributed by atoms with Gasteiger partial charge in [-0.1, -0.05) is 12.1 Å². The molecule has 2 fully saturated rings.